The molecule has 0 aromatic heterocycles. The van der Waals surface area contributed by atoms with Crippen LogP contribution >= 0.6 is 0 Å². The second kappa shape index (κ2) is 10.7. The zero-order chi connectivity index (χ0) is 27.6. The maximum atomic E-state index is 13.8. The normalized spacial score (nSPS) is 20.0. The number of para-hydroxylation sites is 1. The van der Waals surface area contributed by atoms with Gasteiger partial charge in [-0.3, -0.25) is 14.4 Å². The van der Waals surface area contributed by atoms with Crippen LogP contribution in [-0.4, -0.2) is 30.5 Å². The summed E-state index contributed by atoms with van der Waals surface area (Å²) in [6.07, 6.45) is -0.986. The highest BCUT2D eigenvalue weighted by Crippen LogP contribution is 2.47. The number of hydrogen-bond donors (Lipinski definition) is 0. The summed E-state index contributed by atoms with van der Waals surface area (Å²) in [7, 11) is 0. The number of carbonyl (C=O) groups excluding carboxylic acids is 3. The molecule has 0 unspecified atom stereocenters. The number of anilines is 2. The molecule has 6 rings (SSSR count). The summed E-state index contributed by atoms with van der Waals surface area (Å²) in [5.41, 5.74) is 2.36. The summed E-state index contributed by atoms with van der Waals surface area (Å²) < 4.78 is 11.0. The van der Waals surface area contributed by atoms with Crippen LogP contribution in [0.25, 0.3) is 0 Å². The summed E-state index contributed by atoms with van der Waals surface area (Å²) >= 11 is 0. The van der Waals surface area contributed by atoms with E-state index in [9.17, 15) is 14.4 Å². The van der Waals surface area contributed by atoms with E-state index >= 15 is 0 Å². The topological polar surface area (TPSA) is 85.4 Å². The van der Waals surface area contributed by atoms with Crippen LogP contribution in [0.5, 0.6) is 11.5 Å². The number of carbonyl (C=O) groups is 3. The fraction of sp³-hybridized carbons (Fsp3) is 0.156. The van der Waals surface area contributed by atoms with Crippen molar-refractivity contribution in [1.82, 2.24) is 0 Å². The van der Waals surface area contributed by atoms with Gasteiger partial charge < -0.3 is 9.47 Å². The van der Waals surface area contributed by atoms with Gasteiger partial charge in [0.05, 0.1) is 29.6 Å². The monoisotopic (exact) mass is 534 g/mol. The molecule has 8 nitrogen and oxygen atoms in total. The number of rotatable bonds is 7. The predicted octanol–water partition coefficient (Wildman–Crippen LogP) is 5.36. The molecule has 0 bridgehead atoms. The van der Waals surface area contributed by atoms with Gasteiger partial charge in [0, 0.05) is 0 Å². The molecular weight excluding hydrogens is 508 g/mol. The van der Waals surface area contributed by atoms with Crippen molar-refractivity contribution in [3.05, 3.63) is 120 Å². The van der Waals surface area contributed by atoms with E-state index in [4.69, 9.17) is 14.3 Å². The van der Waals surface area contributed by atoms with Crippen molar-refractivity contribution in [2.24, 2.45) is 5.92 Å². The molecule has 3 atom stereocenters. The van der Waals surface area contributed by atoms with Crippen molar-refractivity contribution in [2.45, 2.75) is 19.1 Å². The molecule has 0 spiro atoms. The highest BCUT2D eigenvalue weighted by Gasteiger charge is 2.60. The molecule has 8 heteroatoms. The lowest BCUT2D eigenvalue weighted by molar-refractivity contribution is -0.126. The fourth-order valence-corrected chi connectivity index (χ4v) is 5.14. The molecular formula is C32H26N2O6. The lowest BCUT2D eigenvalue weighted by Crippen LogP contribution is -2.37. The smallest absolute Gasteiger partial charge is 0.343 e. The van der Waals surface area contributed by atoms with Gasteiger partial charge in [-0.2, -0.15) is 0 Å². The first-order chi connectivity index (χ1) is 19.5. The summed E-state index contributed by atoms with van der Waals surface area (Å²) in [5, 5.41) is 1.63. The molecule has 2 heterocycles. The van der Waals surface area contributed by atoms with Crippen LogP contribution in [0.15, 0.2) is 109 Å². The van der Waals surface area contributed by atoms with Crippen molar-refractivity contribution in [3.63, 3.8) is 0 Å². The number of imide groups is 1. The van der Waals surface area contributed by atoms with Crippen molar-refractivity contribution in [3.8, 4) is 11.5 Å². The van der Waals surface area contributed by atoms with Gasteiger partial charge in [0.1, 0.15) is 17.4 Å². The molecule has 40 heavy (non-hydrogen) atoms. The van der Waals surface area contributed by atoms with Crippen LogP contribution in [-0.2, 0) is 14.4 Å². The number of nitrogens with zero attached hydrogens (tertiary/aromatic N) is 2. The first-order valence-electron chi connectivity index (χ1n) is 13.0. The molecule has 2 aliphatic rings. The molecule has 0 N–H and O–H groups in total. The molecule has 2 amide bonds. The van der Waals surface area contributed by atoms with E-state index in [0.29, 0.717) is 29.4 Å². The van der Waals surface area contributed by atoms with E-state index in [1.807, 2.05) is 43.3 Å². The average molecular weight is 535 g/mol. The Morgan fingerprint density at radius 3 is 2.02 bits per heavy atom. The molecule has 4 aromatic rings. The predicted molar refractivity (Wildman–Crippen MR) is 148 cm³/mol. The van der Waals surface area contributed by atoms with E-state index in [2.05, 4.69) is 0 Å². The first-order valence-corrected chi connectivity index (χ1v) is 13.0. The fourth-order valence-electron chi connectivity index (χ4n) is 5.14. The minimum absolute atomic E-state index is 0.345. The first kappa shape index (κ1) is 25.3. The van der Waals surface area contributed by atoms with Gasteiger partial charge in [0.15, 0.2) is 6.10 Å². The van der Waals surface area contributed by atoms with Crippen LogP contribution in [0, 0.1) is 5.92 Å². The van der Waals surface area contributed by atoms with E-state index in [1.165, 1.54) is 4.90 Å². The Labute approximate surface area is 231 Å². The summed E-state index contributed by atoms with van der Waals surface area (Å²) in [6.45, 7) is 2.40. The molecule has 2 fully saturated rings. The van der Waals surface area contributed by atoms with E-state index < -0.39 is 29.9 Å². The van der Waals surface area contributed by atoms with Crippen LogP contribution < -0.4 is 19.4 Å². The van der Waals surface area contributed by atoms with Gasteiger partial charge in [0.25, 0.3) is 5.91 Å². The third kappa shape index (κ3) is 4.58. The van der Waals surface area contributed by atoms with Gasteiger partial charge in [-0.05, 0) is 73.2 Å². The third-order valence-corrected chi connectivity index (χ3v) is 6.97. The van der Waals surface area contributed by atoms with Gasteiger partial charge in [-0.25, -0.2) is 14.8 Å². The number of ether oxygens (including phenoxy) is 2. The van der Waals surface area contributed by atoms with Crippen LogP contribution in [0.4, 0.5) is 11.4 Å². The maximum absolute atomic E-state index is 13.8. The number of hydroxylamine groups is 1. The Morgan fingerprint density at radius 1 is 0.750 bits per heavy atom. The molecule has 4 aromatic carbocycles. The molecule has 2 aliphatic heterocycles. The van der Waals surface area contributed by atoms with Crippen molar-refractivity contribution in [1.29, 1.82) is 0 Å². The number of benzene rings is 4. The zero-order valence-corrected chi connectivity index (χ0v) is 21.7. The average Bonchev–Trinajstić information content (AvgIpc) is 3.50. The molecule has 0 saturated carbocycles. The van der Waals surface area contributed by atoms with Gasteiger partial charge >= 0.3 is 5.97 Å². The second-order valence-corrected chi connectivity index (χ2v) is 9.42. The standard InChI is InChI=1S/C32H26N2O6/c1-2-38-25-19-15-23(16-20-25)33-30(35)27-28(34(40-29(27)31(33)36)24-11-7-4-8-12-24)21-13-17-26(18-14-21)39-32(37)22-9-5-3-6-10-22/h3-20,27-29H,2H2,1H3/t27-,28+,29+/m0/s1. The Hall–Kier alpha value is -4.95. The minimum atomic E-state index is -0.986. The number of fused-ring (bicyclic) bond motifs is 1. The molecule has 2 saturated heterocycles. The SMILES string of the molecule is CCOc1ccc(N2C(=O)[C@H]3[C@@H](c4ccc(OC(=O)c5ccccc5)cc4)N(c4ccccc4)O[C@H]3C2=O)cc1. The number of amides is 2. The highest BCUT2D eigenvalue weighted by molar-refractivity contribution is 6.24. The lowest BCUT2D eigenvalue weighted by Gasteiger charge is -2.28. The van der Waals surface area contributed by atoms with Crippen molar-refractivity contribution in [2.75, 3.05) is 16.6 Å². The van der Waals surface area contributed by atoms with Gasteiger partial charge in [-0.15, -0.1) is 0 Å². The van der Waals surface area contributed by atoms with E-state index in [0.717, 1.165) is 11.3 Å². The zero-order valence-electron chi connectivity index (χ0n) is 21.7. The molecule has 200 valence electrons. The Kier molecular flexibility index (Phi) is 6.76. The van der Waals surface area contributed by atoms with E-state index in [-0.39, 0.29) is 5.91 Å². The van der Waals surface area contributed by atoms with Gasteiger partial charge in [0.2, 0.25) is 5.91 Å². The third-order valence-electron chi connectivity index (χ3n) is 6.97. The van der Waals surface area contributed by atoms with Crippen LogP contribution in [0.3, 0.4) is 0 Å². The van der Waals surface area contributed by atoms with Gasteiger partial charge in [-0.1, -0.05) is 48.5 Å². The lowest BCUT2D eigenvalue weighted by atomic mass is 9.90. The maximum Gasteiger partial charge on any atom is 0.343 e. The Bertz CT molecular complexity index is 1520. The quantitative estimate of drug-likeness (QED) is 0.179. The van der Waals surface area contributed by atoms with Crippen LogP contribution in [0.2, 0.25) is 0 Å². The van der Waals surface area contributed by atoms with Crippen LogP contribution in [0.1, 0.15) is 28.9 Å². The summed E-state index contributed by atoms with van der Waals surface area (Å²) in [4.78, 5) is 47.3. The Balaban J connectivity index is 1.30. The minimum Gasteiger partial charge on any atom is -0.494 e. The Morgan fingerprint density at radius 2 is 1.38 bits per heavy atom. The largest absolute Gasteiger partial charge is 0.494 e. The summed E-state index contributed by atoms with van der Waals surface area (Å²) in [5.74, 6) is -0.992. The highest BCUT2D eigenvalue weighted by atomic mass is 16.7. The summed E-state index contributed by atoms with van der Waals surface area (Å²) in [6, 6.07) is 31.3. The van der Waals surface area contributed by atoms with Crippen molar-refractivity contribution < 1.29 is 28.7 Å². The number of hydrogen-bond acceptors (Lipinski definition) is 7. The molecule has 0 aliphatic carbocycles. The number of esters is 1. The molecule has 0 radical (unpaired) electrons. The van der Waals surface area contributed by atoms with E-state index in [1.54, 1.807) is 77.9 Å². The second-order valence-electron chi connectivity index (χ2n) is 9.42. The van der Waals surface area contributed by atoms with Crippen molar-refractivity contribution >= 4 is 29.2 Å².